The first kappa shape index (κ1) is 13.2. The van der Waals surface area contributed by atoms with E-state index in [2.05, 4.69) is 16.5 Å². The molecule has 1 aliphatic heterocycles. The Kier molecular flexibility index (Phi) is 3.49. The highest BCUT2D eigenvalue weighted by atomic mass is 16.5. The lowest BCUT2D eigenvalue weighted by atomic mass is 9.96. The molecule has 2 atom stereocenters. The molecule has 0 bridgehead atoms. The normalized spacial score (nSPS) is 21.4. The summed E-state index contributed by atoms with van der Waals surface area (Å²) in [6.07, 6.45) is 4.69. The summed E-state index contributed by atoms with van der Waals surface area (Å²) in [6.45, 7) is 5.08. The van der Waals surface area contributed by atoms with Gasteiger partial charge in [0.25, 0.3) is 0 Å². The summed E-state index contributed by atoms with van der Waals surface area (Å²) in [5.41, 5.74) is 3.07. The van der Waals surface area contributed by atoms with Crippen LogP contribution in [0, 0.1) is 6.92 Å². The van der Waals surface area contributed by atoms with Crippen molar-refractivity contribution in [3.8, 4) is 5.75 Å². The maximum atomic E-state index is 10.4. The molecule has 0 radical (unpaired) electrons. The van der Waals surface area contributed by atoms with E-state index in [4.69, 9.17) is 4.74 Å². The minimum absolute atomic E-state index is 0.130. The number of ether oxygens (including phenoxy) is 1. The molecule has 106 valence electrons. The van der Waals surface area contributed by atoms with Crippen molar-refractivity contribution in [2.45, 2.75) is 45.4 Å². The van der Waals surface area contributed by atoms with Crippen LogP contribution in [0.2, 0.25) is 0 Å². The highest BCUT2D eigenvalue weighted by Crippen LogP contribution is 2.40. The molecule has 2 aromatic rings. The highest BCUT2D eigenvalue weighted by molar-refractivity contribution is 5.40. The van der Waals surface area contributed by atoms with E-state index in [1.807, 2.05) is 37.6 Å². The maximum absolute atomic E-state index is 10.4. The summed E-state index contributed by atoms with van der Waals surface area (Å²) in [4.78, 5) is 4.21. The van der Waals surface area contributed by atoms with Crippen molar-refractivity contribution in [3.05, 3.63) is 47.5 Å². The van der Waals surface area contributed by atoms with Gasteiger partial charge in [-0.1, -0.05) is 18.6 Å². The SMILES string of the molecule is CCCn1cncc1C1C[C@H](O)c2cc(C)ccc2O1. The van der Waals surface area contributed by atoms with Crippen LogP contribution in [0.25, 0.3) is 0 Å². The number of hydrogen-bond donors (Lipinski definition) is 1. The lowest BCUT2D eigenvalue weighted by Crippen LogP contribution is -2.21. The first-order valence-electron chi connectivity index (χ1n) is 7.14. The molecule has 4 nitrogen and oxygen atoms in total. The molecule has 3 rings (SSSR count). The quantitative estimate of drug-likeness (QED) is 0.933. The molecule has 20 heavy (non-hydrogen) atoms. The number of nitrogens with zero attached hydrogens (tertiary/aromatic N) is 2. The standard InChI is InChI=1S/C16H20N2O2/c1-3-6-18-10-17-9-13(18)16-8-14(19)12-7-11(2)4-5-15(12)20-16/h4-5,7,9-10,14,16,19H,3,6,8H2,1-2H3/t14-,16?/m0/s1. The third-order valence-corrected chi connectivity index (χ3v) is 3.77. The van der Waals surface area contributed by atoms with Gasteiger partial charge in [-0.25, -0.2) is 4.98 Å². The summed E-state index contributed by atoms with van der Waals surface area (Å²) in [7, 11) is 0. The van der Waals surface area contributed by atoms with Crippen LogP contribution in [0.1, 0.15) is 48.8 Å². The van der Waals surface area contributed by atoms with Gasteiger partial charge in [-0.05, 0) is 25.5 Å². The van der Waals surface area contributed by atoms with Crippen LogP contribution in [0.15, 0.2) is 30.7 Å². The molecule has 1 aromatic carbocycles. The summed E-state index contributed by atoms with van der Waals surface area (Å²) >= 11 is 0. The smallest absolute Gasteiger partial charge is 0.143 e. The second-order valence-corrected chi connectivity index (χ2v) is 5.41. The van der Waals surface area contributed by atoms with Crippen LogP contribution in [0.5, 0.6) is 5.75 Å². The molecule has 2 heterocycles. The second kappa shape index (κ2) is 5.29. The Morgan fingerprint density at radius 3 is 3.10 bits per heavy atom. The molecule has 1 aliphatic rings. The van der Waals surface area contributed by atoms with Gasteiger partial charge in [-0.3, -0.25) is 0 Å². The molecule has 0 saturated carbocycles. The van der Waals surface area contributed by atoms with Gasteiger partial charge in [-0.15, -0.1) is 0 Å². The van der Waals surface area contributed by atoms with Gasteiger partial charge in [0.05, 0.1) is 24.3 Å². The molecule has 0 amide bonds. The minimum atomic E-state index is -0.478. The van der Waals surface area contributed by atoms with E-state index >= 15 is 0 Å². The lowest BCUT2D eigenvalue weighted by molar-refractivity contribution is 0.0617. The average molecular weight is 272 g/mol. The van der Waals surface area contributed by atoms with Gasteiger partial charge in [0, 0.05) is 18.5 Å². The van der Waals surface area contributed by atoms with Crippen molar-refractivity contribution in [3.63, 3.8) is 0 Å². The zero-order chi connectivity index (χ0) is 14.1. The summed E-state index contributed by atoms with van der Waals surface area (Å²) < 4.78 is 8.18. The minimum Gasteiger partial charge on any atom is -0.484 e. The van der Waals surface area contributed by atoms with Gasteiger partial charge in [0.2, 0.25) is 0 Å². The van der Waals surface area contributed by atoms with Crippen molar-refractivity contribution < 1.29 is 9.84 Å². The molecule has 0 saturated heterocycles. The van der Waals surface area contributed by atoms with Crippen molar-refractivity contribution in [1.29, 1.82) is 0 Å². The molecule has 0 aliphatic carbocycles. The Morgan fingerprint density at radius 1 is 1.45 bits per heavy atom. The van der Waals surface area contributed by atoms with Gasteiger partial charge in [-0.2, -0.15) is 0 Å². The van der Waals surface area contributed by atoms with Crippen LogP contribution in [-0.2, 0) is 6.54 Å². The third kappa shape index (κ3) is 2.31. The molecular weight excluding hydrogens is 252 g/mol. The molecule has 1 unspecified atom stereocenters. The van der Waals surface area contributed by atoms with Crippen molar-refractivity contribution >= 4 is 0 Å². The Bertz CT molecular complexity index is 606. The van der Waals surface area contributed by atoms with Crippen LogP contribution < -0.4 is 4.74 Å². The number of aliphatic hydroxyl groups is 1. The monoisotopic (exact) mass is 272 g/mol. The number of aromatic nitrogens is 2. The van der Waals surface area contributed by atoms with Gasteiger partial charge < -0.3 is 14.4 Å². The number of aryl methyl sites for hydroxylation is 2. The second-order valence-electron chi connectivity index (χ2n) is 5.41. The Hall–Kier alpha value is -1.81. The zero-order valence-electron chi connectivity index (χ0n) is 11.9. The Labute approximate surface area is 119 Å². The zero-order valence-corrected chi connectivity index (χ0v) is 11.9. The van der Waals surface area contributed by atoms with Crippen molar-refractivity contribution in [2.75, 3.05) is 0 Å². The number of benzene rings is 1. The molecule has 1 N–H and O–H groups in total. The Morgan fingerprint density at radius 2 is 2.30 bits per heavy atom. The van der Waals surface area contributed by atoms with Crippen LogP contribution in [0.4, 0.5) is 0 Å². The molecule has 4 heteroatoms. The van der Waals surface area contributed by atoms with Gasteiger partial charge in [0.15, 0.2) is 0 Å². The fourth-order valence-corrected chi connectivity index (χ4v) is 2.77. The van der Waals surface area contributed by atoms with E-state index in [0.717, 1.165) is 35.5 Å². The number of fused-ring (bicyclic) bond motifs is 1. The van der Waals surface area contributed by atoms with E-state index in [9.17, 15) is 5.11 Å². The van der Waals surface area contributed by atoms with Crippen LogP contribution in [0.3, 0.4) is 0 Å². The average Bonchev–Trinajstić information content (AvgIpc) is 2.88. The molecule has 0 fully saturated rings. The number of aliphatic hydroxyl groups excluding tert-OH is 1. The predicted molar refractivity (Wildman–Crippen MR) is 76.6 cm³/mol. The van der Waals surface area contributed by atoms with Crippen molar-refractivity contribution in [2.24, 2.45) is 0 Å². The third-order valence-electron chi connectivity index (χ3n) is 3.77. The first-order valence-corrected chi connectivity index (χ1v) is 7.14. The topological polar surface area (TPSA) is 47.3 Å². The number of rotatable bonds is 3. The van der Waals surface area contributed by atoms with E-state index in [1.165, 1.54) is 0 Å². The molecule has 1 aromatic heterocycles. The molecule has 0 spiro atoms. The molecular formula is C16H20N2O2. The fraction of sp³-hybridized carbons (Fsp3) is 0.438. The van der Waals surface area contributed by atoms with Crippen LogP contribution >= 0.6 is 0 Å². The van der Waals surface area contributed by atoms with E-state index in [-0.39, 0.29) is 6.10 Å². The largest absolute Gasteiger partial charge is 0.484 e. The first-order chi connectivity index (χ1) is 9.69. The fourth-order valence-electron chi connectivity index (χ4n) is 2.77. The predicted octanol–water partition coefficient (Wildman–Crippen LogP) is 3.16. The van der Waals surface area contributed by atoms with Crippen molar-refractivity contribution in [1.82, 2.24) is 9.55 Å². The summed E-state index contributed by atoms with van der Waals surface area (Å²) in [5, 5.41) is 10.4. The van der Waals surface area contributed by atoms with E-state index in [1.54, 1.807) is 0 Å². The highest BCUT2D eigenvalue weighted by Gasteiger charge is 2.29. The van der Waals surface area contributed by atoms with E-state index in [0.29, 0.717) is 6.42 Å². The summed E-state index contributed by atoms with van der Waals surface area (Å²) in [5.74, 6) is 0.781. The number of hydrogen-bond acceptors (Lipinski definition) is 3. The van der Waals surface area contributed by atoms with Gasteiger partial charge in [0.1, 0.15) is 11.9 Å². The maximum Gasteiger partial charge on any atom is 0.143 e. The lowest BCUT2D eigenvalue weighted by Gasteiger charge is -2.30. The summed E-state index contributed by atoms with van der Waals surface area (Å²) in [6, 6.07) is 5.96. The van der Waals surface area contributed by atoms with Gasteiger partial charge >= 0.3 is 0 Å². The number of imidazole rings is 1. The van der Waals surface area contributed by atoms with Crippen LogP contribution in [-0.4, -0.2) is 14.7 Å². The Balaban J connectivity index is 1.91. The van der Waals surface area contributed by atoms with E-state index < -0.39 is 6.10 Å².